The Labute approximate surface area is 88.4 Å². The molecule has 3 rings (SSSR count). The lowest BCUT2D eigenvalue weighted by Crippen LogP contribution is -1.74. The predicted octanol–water partition coefficient (Wildman–Crippen LogP) is 3.64. The molecule has 1 aromatic heterocycles. The van der Waals surface area contributed by atoms with Gasteiger partial charge in [0.05, 0.1) is 0 Å². The molecule has 0 saturated heterocycles. The largest absolute Gasteiger partial charge is 0.355 e. The van der Waals surface area contributed by atoms with Crippen LogP contribution in [0.3, 0.4) is 0 Å². The van der Waals surface area contributed by atoms with E-state index < -0.39 is 0 Å². The molecular weight excluding hydrogens is 182 g/mol. The highest BCUT2D eigenvalue weighted by Gasteiger charge is 2.00. The molecule has 1 N–H and O–H groups in total. The van der Waals surface area contributed by atoms with Gasteiger partial charge >= 0.3 is 0 Å². The normalized spacial score (nSPS) is 10.7. The van der Waals surface area contributed by atoms with E-state index in [2.05, 4.69) is 41.4 Å². The summed E-state index contributed by atoms with van der Waals surface area (Å²) in [7, 11) is 0. The van der Waals surface area contributed by atoms with Crippen molar-refractivity contribution >= 4 is 10.9 Å². The molecular formula is C14H10N. The number of hydrogen-bond donors (Lipinski definition) is 1. The van der Waals surface area contributed by atoms with Crippen molar-refractivity contribution in [1.29, 1.82) is 0 Å². The molecule has 2 aromatic carbocycles. The summed E-state index contributed by atoms with van der Waals surface area (Å²) in [6.07, 6.45) is 0. The first-order valence-corrected chi connectivity index (χ1v) is 4.98. The molecule has 0 aliphatic heterocycles. The number of nitrogens with one attached hydrogen (secondary N) is 1. The number of fused-ring (bicyclic) bond motifs is 1. The van der Waals surface area contributed by atoms with Gasteiger partial charge in [-0.15, -0.1) is 0 Å². The van der Waals surface area contributed by atoms with Gasteiger partial charge < -0.3 is 4.98 Å². The standard InChI is InChI=1S/C14H10N/c1-2-6-11(7-3-1)14-10-12-8-4-5-9-13(12)15-14/h1-2,4-10,15H. The van der Waals surface area contributed by atoms with Crippen LogP contribution in [0.15, 0.2) is 54.6 Å². The summed E-state index contributed by atoms with van der Waals surface area (Å²) in [6.45, 7) is 0. The van der Waals surface area contributed by atoms with E-state index in [0.717, 1.165) is 5.69 Å². The van der Waals surface area contributed by atoms with Crippen molar-refractivity contribution < 1.29 is 0 Å². The molecule has 1 heterocycles. The van der Waals surface area contributed by atoms with Gasteiger partial charge in [0.15, 0.2) is 0 Å². The third kappa shape index (κ3) is 1.42. The van der Waals surface area contributed by atoms with Crippen LogP contribution in [0.5, 0.6) is 0 Å². The number of para-hydroxylation sites is 1. The van der Waals surface area contributed by atoms with Gasteiger partial charge in [0, 0.05) is 16.6 Å². The summed E-state index contributed by atoms with van der Waals surface area (Å²) < 4.78 is 0. The van der Waals surface area contributed by atoms with Crippen molar-refractivity contribution in [2.45, 2.75) is 0 Å². The Morgan fingerprint density at radius 1 is 1.00 bits per heavy atom. The van der Waals surface area contributed by atoms with E-state index in [1.165, 1.54) is 16.5 Å². The minimum Gasteiger partial charge on any atom is -0.355 e. The molecule has 0 aliphatic carbocycles. The maximum atomic E-state index is 3.39. The van der Waals surface area contributed by atoms with Gasteiger partial charge in [0.1, 0.15) is 0 Å². The summed E-state index contributed by atoms with van der Waals surface area (Å²) in [5.74, 6) is 0. The number of benzene rings is 2. The third-order valence-corrected chi connectivity index (χ3v) is 2.55. The van der Waals surface area contributed by atoms with Crippen LogP contribution in [0.4, 0.5) is 0 Å². The highest BCUT2D eigenvalue weighted by Crippen LogP contribution is 2.23. The molecule has 0 unspecified atom stereocenters. The number of rotatable bonds is 1. The molecule has 0 aliphatic rings. The first kappa shape index (κ1) is 8.30. The predicted molar refractivity (Wildman–Crippen MR) is 62.6 cm³/mol. The Bertz CT molecular complexity index is 545. The molecule has 1 radical (unpaired) electrons. The molecule has 3 aromatic rings. The van der Waals surface area contributed by atoms with Gasteiger partial charge in [0.25, 0.3) is 0 Å². The van der Waals surface area contributed by atoms with Gasteiger partial charge in [-0.3, -0.25) is 0 Å². The van der Waals surface area contributed by atoms with Crippen LogP contribution >= 0.6 is 0 Å². The minimum atomic E-state index is 1.15. The Kier molecular flexibility index (Phi) is 1.82. The van der Waals surface area contributed by atoms with E-state index in [1.54, 1.807) is 0 Å². The summed E-state index contributed by atoms with van der Waals surface area (Å²) in [5.41, 5.74) is 3.50. The lowest BCUT2D eigenvalue weighted by atomic mass is 10.1. The topological polar surface area (TPSA) is 15.8 Å². The third-order valence-electron chi connectivity index (χ3n) is 2.55. The summed E-state index contributed by atoms with van der Waals surface area (Å²) >= 11 is 0. The maximum Gasteiger partial charge on any atom is 0.0464 e. The average molecular weight is 192 g/mol. The maximum absolute atomic E-state index is 3.39. The van der Waals surface area contributed by atoms with Crippen molar-refractivity contribution in [2.24, 2.45) is 0 Å². The van der Waals surface area contributed by atoms with Crippen LogP contribution in [0, 0.1) is 6.07 Å². The second-order valence-corrected chi connectivity index (χ2v) is 3.56. The first-order chi connectivity index (χ1) is 7.43. The van der Waals surface area contributed by atoms with E-state index in [9.17, 15) is 0 Å². The van der Waals surface area contributed by atoms with Gasteiger partial charge in [-0.25, -0.2) is 0 Å². The van der Waals surface area contributed by atoms with Crippen LogP contribution in [0.25, 0.3) is 22.2 Å². The van der Waals surface area contributed by atoms with Gasteiger partial charge in [-0.2, -0.15) is 0 Å². The summed E-state index contributed by atoms with van der Waals surface area (Å²) in [4.78, 5) is 3.39. The quantitative estimate of drug-likeness (QED) is 0.606. The molecule has 0 atom stereocenters. The smallest absolute Gasteiger partial charge is 0.0464 e. The molecule has 71 valence electrons. The van der Waals surface area contributed by atoms with Crippen LogP contribution in [-0.4, -0.2) is 4.98 Å². The fraction of sp³-hybridized carbons (Fsp3) is 0. The van der Waals surface area contributed by atoms with Crippen molar-refractivity contribution in [1.82, 2.24) is 4.98 Å². The van der Waals surface area contributed by atoms with Crippen LogP contribution < -0.4 is 0 Å². The van der Waals surface area contributed by atoms with Crippen LogP contribution in [0.2, 0.25) is 0 Å². The SMILES string of the molecule is [c]1cccc(-c2cc3ccccc3[nH]2)c1. The van der Waals surface area contributed by atoms with Crippen molar-refractivity contribution in [2.75, 3.05) is 0 Å². The van der Waals surface area contributed by atoms with Gasteiger partial charge in [-0.05, 0) is 29.8 Å². The molecule has 0 fully saturated rings. The number of aromatic nitrogens is 1. The molecule has 0 amide bonds. The minimum absolute atomic E-state index is 1.15. The highest BCUT2D eigenvalue weighted by atomic mass is 14.7. The number of aromatic amines is 1. The lowest BCUT2D eigenvalue weighted by molar-refractivity contribution is 1.45. The van der Waals surface area contributed by atoms with E-state index in [0.29, 0.717) is 0 Å². The molecule has 1 heteroatoms. The fourth-order valence-electron chi connectivity index (χ4n) is 1.79. The molecule has 15 heavy (non-hydrogen) atoms. The molecule has 0 saturated carbocycles. The van der Waals surface area contributed by atoms with E-state index in [-0.39, 0.29) is 0 Å². The first-order valence-electron chi connectivity index (χ1n) is 4.98. The Balaban J connectivity index is 2.21. The Morgan fingerprint density at radius 2 is 1.93 bits per heavy atom. The lowest BCUT2D eigenvalue weighted by Gasteiger charge is -1.94. The monoisotopic (exact) mass is 192 g/mol. The van der Waals surface area contributed by atoms with Gasteiger partial charge in [0.2, 0.25) is 0 Å². The number of hydrogen-bond acceptors (Lipinski definition) is 0. The molecule has 0 bridgehead atoms. The second-order valence-electron chi connectivity index (χ2n) is 3.56. The Hall–Kier alpha value is -2.02. The van der Waals surface area contributed by atoms with Crippen molar-refractivity contribution in [3.63, 3.8) is 0 Å². The van der Waals surface area contributed by atoms with E-state index in [4.69, 9.17) is 0 Å². The fourth-order valence-corrected chi connectivity index (χ4v) is 1.79. The van der Waals surface area contributed by atoms with Gasteiger partial charge in [-0.1, -0.05) is 36.4 Å². The zero-order valence-corrected chi connectivity index (χ0v) is 8.20. The van der Waals surface area contributed by atoms with Crippen molar-refractivity contribution in [3.05, 3.63) is 60.7 Å². The molecule has 0 spiro atoms. The number of H-pyrrole nitrogens is 1. The highest BCUT2D eigenvalue weighted by molar-refractivity contribution is 5.85. The van der Waals surface area contributed by atoms with Crippen LogP contribution in [0.1, 0.15) is 0 Å². The summed E-state index contributed by atoms with van der Waals surface area (Å²) in [6, 6.07) is 21.5. The average Bonchev–Trinajstić information content (AvgIpc) is 2.74. The second kappa shape index (κ2) is 3.28. The summed E-state index contributed by atoms with van der Waals surface area (Å²) in [5, 5.41) is 1.25. The van der Waals surface area contributed by atoms with Crippen molar-refractivity contribution in [3.8, 4) is 11.3 Å². The zero-order valence-electron chi connectivity index (χ0n) is 8.20. The zero-order chi connectivity index (χ0) is 10.1. The van der Waals surface area contributed by atoms with Crippen LogP contribution in [-0.2, 0) is 0 Å². The van der Waals surface area contributed by atoms with E-state index >= 15 is 0 Å². The Morgan fingerprint density at radius 3 is 2.73 bits per heavy atom. The molecule has 1 nitrogen and oxygen atoms in total. The van der Waals surface area contributed by atoms with E-state index in [1.807, 2.05) is 24.3 Å².